The lowest BCUT2D eigenvalue weighted by Gasteiger charge is -2.48. The molecule has 2 fully saturated rings. The third-order valence-electron chi connectivity index (χ3n) is 8.44. The number of likely N-dealkylation sites (tertiary alicyclic amines) is 2. The number of hydrogen-bond acceptors (Lipinski definition) is 6. The molecule has 0 unspecified atom stereocenters. The minimum absolute atomic E-state index is 0.131. The summed E-state index contributed by atoms with van der Waals surface area (Å²) in [5.41, 5.74) is 0.0405. The molecule has 228 valence electrons. The molecular weight excluding hydrogens is 521 g/mol. The third kappa shape index (κ3) is 10.3. The van der Waals surface area contributed by atoms with Crippen LogP contribution in [0.25, 0.3) is 5.76 Å². The number of ether oxygens (including phenoxy) is 1. The van der Waals surface area contributed by atoms with Crippen LogP contribution in [-0.4, -0.2) is 65.8 Å². The van der Waals surface area contributed by atoms with Crippen molar-refractivity contribution in [3.05, 3.63) is 41.7 Å². The van der Waals surface area contributed by atoms with Gasteiger partial charge in [0.2, 0.25) is 11.8 Å². The number of imide groups is 1. The lowest BCUT2D eigenvalue weighted by molar-refractivity contribution is -0.143. The van der Waals surface area contributed by atoms with Crippen LogP contribution in [0.4, 0.5) is 4.39 Å². The summed E-state index contributed by atoms with van der Waals surface area (Å²) in [5, 5.41) is 2.76. The van der Waals surface area contributed by atoms with Crippen molar-refractivity contribution in [2.75, 3.05) is 32.7 Å². The molecule has 2 aliphatic heterocycles. The van der Waals surface area contributed by atoms with E-state index in [0.29, 0.717) is 43.4 Å². The summed E-state index contributed by atoms with van der Waals surface area (Å²) in [6.45, 7) is 8.24. The van der Waals surface area contributed by atoms with Crippen LogP contribution in [0.2, 0.25) is 0 Å². The molecule has 2 amide bonds. The predicted molar refractivity (Wildman–Crippen MR) is 160 cm³/mol. The Morgan fingerprint density at radius 2 is 1.54 bits per heavy atom. The molecule has 0 aromatic heterocycles. The van der Waals surface area contributed by atoms with Gasteiger partial charge in [-0.15, -0.1) is 0 Å². The number of rotatable bonds is 15. The van der Waals surface area contributed by atoms with Crippen LogP contribution in [0.5, 0.6) is 0 Å². The van der Waals surface area contributed by atoms with Crippen LogP contribution < -0.4 is 5.32 Å². The Balaban J connectivity index is 1.61. The zero-order valence-electron chi connectivity index (χ0n) is 25.2. The number of unbranched alkanes of at least 4 members (excludes halogenated alkanes) is 4. The quantitative estimate of drug-likeness (QED) is 0.153. The van der Waals surface area contributed by atoms with Gasteiger partial charge in [0.25, 0.3) is 0 Å². The second-order valence-electron chi connectivity index (χ2n) is 11.6. The highest BCUT2D eigenvalue weighted by atomic mass is 19.1. The minimum atomic E-state index is -0.638. The molecule has 1 aromatic rings. The maximum atomic E-state index is 13.6. The largest absolute Gasteiger partial charge is 0.426 e. The molecule has 2 saturated heterocycles. The number of nitrogens with one attached hydrogen (secondary N) is 1. The summed E-state index contributed by atoms with van der Waals surface area (Å²) < 4.78 is 19.2. The molecule has 2 heterocycles. The van der Waals surface area contributed by atoms with Gasteiger partial charge in [0.1, 0.15) is 17.1 Å². The predicted octanol–water partition coefficient (Wildman–Crippen LogP) is 6.22. The lowest BCUT2D eigenvalue weighted by Crippen LogP contribution is -2.64. The van der Waals surface area contributed by atoms with E-state index in [1.807, 2.05) is 6.08 Å². The van der Waals surface area contributed by atoms with Gasteiger partial charge in [-0.05, 0) is 88.4 Å². The van der Waals surface area contributed by atoms with Crippen LogP contribution in [0.15, 0.2) is 30.3 Å². The number of carbonyl (C=O) groups is 3. The second kappa shape index (κ2) is 17.4. The van der Waals surface area contributed by atoms with E-state index in [-0.39, 0.29) is 23.6 Å². The van der Waals surface area contributed by atoms with Gasteiger partial charge in [0.15, 0.2) is 0 Å². The Bertz CT molecular complexity index is 996. The average Bonchev–Trinajstić information content (AvgIpc) is 2.98. The Morgan fingerprint density at radius 3 is 2.17 bits per heavy atom. The number of amides is 2. The van der Waals surface area contributed by atoms with Crippen molar-refractivity contribution in [3.8, 4) is 0 Å². The van der Waals surface area contributed by atoms with Crippen LogP contribution in [0, 0.1) is 5.82 Å². The van der Waals surface area contributed by atoms with Crippen molar-refractivity contribution >= 4 is 23.5 Å². The van der Waals surface area contributed by atoms with Crippen molar-refractivity contribution in [3.63, 3.8) is 0 Å². The van der Waals surface area contributed by atoms with Gasteiger partial charge >= 0.3 is 5.97 Å². The molecule has 0 spiro atoms. The second-order valence-corrected chi connectivity index (χ2v) is 11.6. The molecule has 41 heavy (non-hydrogen) atoms. The first-order valence-electron chi connectivity index (χ1n) is 15.9. The topological polar surface area (TPSA) is 79.0 Å². The number of benzene rings is 1. The maximum absolute atomic E-state index is 13.6. The lowest BCUT2D eigenvalue weighted by atomic mass is 9.83. The number of hydrogen-bond donors (Lipinski definition) is 1. The molecule has 0 radical (unpaired) electrons. The molecule has 0 aliphatic carbocycles. The molecule has 3 rings (SSSR count). The summed E-state index contributed by atoms with van der Waals surface area (Å²) in [6, 6.07) is 6.02. The average molecular weight is 572 g/mol. The molecule has 8 heteroatoms. The van der Waals surface area contributed by atoms with Crippen LogP contribution >= 0.6 is 0 Å². The van der Waals surface area contributed by atoms with Gasteiger partial charge in [0.05, 0.1) is 0 Å². The Kier molecular flexibility index (Phi) is 14.0. The molecular formula is C33H50FN3O4. The van der Waals surface area contributed by atoms with E-state index < -0.39 is 5.54 Å². The Labute approximate surface area is 245 Å². The fourth-order valence-electron chi connectivity index (χ4n) is 5.90. The normalized spacial score (nSPS) is 18.2. The van der Waals surface area contributed by atoms with Gasteiger partial charge < -0.3 is 9.64 Å². The highest BCUT2D eigenvalue weighted by Gasteiger charge is 2.46. The van der Waals surface area contributed by atoms with Gasteiger partial charge in [-0.25, -0.2) is 4.39 Å². The van der Waals surface area contributed by atoms with Crippen molar-refractivity contribution in [2.24, 2.45) is 0 Å². The van der Waals surface area contributed by atoms with Crippen LogP contribution in [-0.2, 0) is 19.1 Å². The van der Waals surface area contributed by atoms with Gasteiger partial charge in [-0.2, -0.15) is 0 Å². The maximum Gasteiger partial charge on any atom is 0.311 e. The number of halogens is 1. The number of piperidine rings is 2. The number of esters is 1. The standard InChI is InChI=1S/C33H50FN3O4/c1-3-5-8-14-30(38)35-32(40)33(37-23-10-7-11-24-37)20-25-36(26-21-33)22-12-13-29(27-16-18-28(34)19-17-27)41-31(39)15-9-6-4-2/h13,16-19H,3-12,14-15,20-26H2,1-2H3,(H,35,38,40)/b29-13-. The minimum Gasteiger partial charge on any atom is -0.426 e. The summed E-state index contributed by atoms with van der Waals surface area (Å²) in [7, 11) is 0. The molecule has 0 bridgehead atoms. The van der Waals surface area contributed by atoms with Gasteiger partial charge in [-0.3, -0.25) is 24.6 Å². The molecule has 7 nitrogen and oxygen atoms in total. The zero-order chi connectivity index (χ0) is 29.5. The summed E-state index contributed by atoms with van der Waals surface area (Å²) in [5.74, 6) is -0.431. The molecule has 1 aromatic carbocycles. The SMILES string of the molecule is CCCCCC(=O)NC(=O)C1(N2CCCCC2)CCN(CC/C=C(\OC(=O)CCCCC)c2ccc(F)cc2)CC1. The monoisotopic (exact) mass is 571 g/mol. The first kappa shape index (κ1) is 32.9. The first-order chi connectivity index (χ1) is 19.9. The number of carbonyl (C=O) groups excluding carboxylic acids is 3. The third-order valence-corrected chi connectivity index (χ3v) is 8.44. The highest BCUT2D eigenvalue weighted by Crippen LogP contribution is 2.32. The van der Waals surface area contributed by atoms with Crippen molar-refractivity contribution in [2.45, 2.75) is 109 Å². The van der Waals surface area contributed by atoms with E-state index in [4.69, 9.17) is 4.74 Å². The Hall–Kier alpha value is -2.58. The molecule has 0 atom stereocenters. The fourth-order valence-corrected chi connectivity index (χ4v) is 5.90. The van der Waals surface area contributed by atoms with E-state index >= 15 is 0 Å². The van der Waals surface area contributed by atoms with Gasteiger partial charge in [-0.1, -0.05) is 46.0 Å². The van der Waals surface area contributed by atoms with E-state index in [1.54, 1.807) is 12.1 Å². The van der Waals surface area contributed by atoms with Crippen LogP contribution in [0.3, 0.4) is 0 Å². The first-order valence-corrected chi connectivity index (χ1v) is 15.9. The van der Waals surface area contributed by atoms with Crippen molar-refractivity contribution in [1.82, 2.24) is 15.1 Å². The van der Waals surface area contributed by atoms with Crippen molar-refractivity contribution in [1.29, 1.82) is 0 Å². The summed E-state index contributed by atoms with van der Waals surface area (Å²) >= 11 is 0. The van der Waals surface area contributed by atoms with Crippen LogP contribution in [0.1, 0.15) is 109 Å². The van der Waals surface area contributed by atoms with E-state index in [1.165, 1.54) is 18.6 Å². The molecule has 0 saturated carbocycles. The summed E-state index contributed by atoms with van der Waals surface area (Å²) in [4.78, 5) is 43.2. The van der Waals surface area contributed by atoms with E-state index in [2.05, 4.69) is 29.0 Å². The number of nitrogens with zero attached hydrogens (tertiary/aromatic N) is 2. The van der Waals surface area contributed by atoms with E-state index in [9.17, 15) is 18.8 Å². The van der Waals surface area contributed by atoms with E-state index in [0.717, 1.165) is 84.1 Å². The fraction of sp³-hybridized carbons (Fsp3) is 0.667. The Morgan fingerprint density at radius 1 is 0.902 bits per heavy atom. The zero-order valence-corrected chi connectivity index (χ0v) is 25.2. The van der Waals surface area contributed by atoms with Crippen molar-refractivity contribution < 1.29 is 23.5 Å². The molecule has 2 aliphatic rings. The molecule has 1 N–H and O–H groups in total. The smallest absolute Gasteiger partial charge is 0.311 e. The van der Waals surface area contributed by atoms with Gasteiger partial charge in [0, 0.05) is 38.0 Å². The highest BCUT2D eigenvalue weighted by molar-refractivity contribution is 6.00. The summed E-state index contributed by atoms with van der Waals surface area (Å²) in [6.07, 6.45) is 13.7.